The molecule has 21 heavy (non-hydrogen) atoms. The quantitative estimate of drug-likeness (QED) is 0.592. The molecule has 1 aromatic carbocycles. The van der Waals surface area contributed by atoms with E-state index in [1.54, 1.807) is 25.3 Å². The Hall–Kier alpha value is -1.81. The van der Waals surface area contributed by atoms with Crippen molar-refractivity contribution in [1.82, 2.24) is 0 Å². The topological polar surface area (TPSA) is 44.8 Å². The Bertz CT molecular complexity index is 504. The maximum absolute atomic E-state index is 11.2. The van der Waals surface area contributed by atoms with Gasteiger partial charge in [-0.25, -0.2) is 0 Å². The zero-order chi connectivity index (χ0) is 15.2. The lowest BCUT2D eigenvalue weighted by Gasteiger charge is -2.26. The average molecular weight is 290 g/mol. The Labute approximate surface area is 125 Å². The first-order valence-corrected chi connectivity index (χ1v) is 7.28. The van der Waals surface area contributed by atoms with Crippen molar-refractivity contribution in [2.45, 2.75) is 38.4 Å². The predicted octanol–water partition coefficient (Wildman–Crippen LogP) is 3.70. The van der Waals surface area contributed by atoms with Gasteiger partial charge in [0, 0.05) is 17.9 Å². The molecule has 1 saturated heterocycles. The zero-order valence-electron chi connectivity index (χ0n) is 12.6. The molecule has 0 amide bonds. The first-order valence-electron chi connectivity index (χ1n) is 7.28. The molecule has 0 radical (unpaired) electrons. The van der Waals surface area contributed by atoms with E-state index in [0.717, 1.165) is 37.7 Å². The van der Waals surface area contributed by atoms with Gasteiger partial charge in [0.05, 0.1) is 19.3 Å². The van der Waals surface area contributed by atoms with E-state index in [4.69, 9.17) is 14.2 Å². The van der Waals surface area contributed by atoms with Gasteiger partial charge in [0.1, 0.15) is 11.5 Å². The number of hydrogen-bond donors (Lipinski definition) is 0. The number of allylic oxidation sites excluding steroid dienone is 1. The summed E-state index contributed by atoms with van der Waals surface area (Å²) in [5.74, 6) is 1.25. The number of aldehydes is 1. The van der Waals surface area contributed by atoms with Gasteiger partial charge in [0.15, 0.2) is 12.6 Å². The number of rotatable bonds is 6. The minimum atomic E-state index is -0.235. The highest BCUT2D eigenvalue weighted by Gasteiger charge is 2.22. The summed E-state index contributed by atoms with van der Waals surface area (Å²) in [5, 5.41) is 0. The van der Waals surface area contributed by atoms with Crippen molar-refractivity contribution in [3.63, 3.8) is 0 Å². The summed E-state index contributed by atoms with van der Waals surface area (Å²) in [4.78, 5) is 11.2. The van der Waals surface area contributed by atoms with E-state index in [9.17, 15) is 4.79 Å². The van der Waals surface area contributed by atoms with Crippen molar-refractivity contribution in [3.8, 4) is 11.5 Å². The highest BCUT2D eigenvalue weighted by molar-refractivity contribution is 5.81. The van der Waals surface area contributed by atoms with Crippen molar-refractivity contribution in [2.75, 3.05) is 13.7 Å². The van der Waals surface area contributed by atoms with Crippen LogP contribution in [-0.4, -0.2) is 26.3 Å². The monoisotopic (exact) mass is 290 g/mol. The minimum absolute atomic E-state index is 0.0124. The van der Waals surface area contributed by atoms with Crippen LogP contribution in [0.1, 0.15) is 48.0 Å². The Morgan fingerprint density at radius 2 is 2.24 bits per heavy atom. The molecule has 2 rings (SSSR count). The van der Waals surface area contributed by atoms with E-state index in [2.05, 4.69) is 6.58 Å². The Balaban J connectivity index is 2.38. The molecule has 4 heteroatoms. The molecule has 0 aromatic heterocycles. The van der Waals surface area contributed by atoms with Crippen LogP contribution >= 0.6 is 0 Å². The van der Waals surface area contributed by atoms with E-state index in [0.29, 0.717) is 17.1 Å². The second-order valence-corrected chi connectivity index (χ2v) is 5.16. The molecule has 114 valence electrons. The third-order valence-corrected chi connectivity index (χ3v) is 3.72. The van der Waals surface area contributed by atoms with Crippen LogP contribution in [0.2, 0.25) is 0 Å². The van der Waals surface area contributed by atoms with E-state index < -0.39 is 0 Å². The summed E-state index contributed by atoms with van der Waals surface area (Å²) in [6, 6.07) is 3.52. The molecule has 1 heterocycles. The van der Waals surface area contributed by atoms with Crippen LogP contribution in [0, 0.1) is 0 Å². The number of hydrogen-bond acceptors (Lipinski definition) is 4. The van der Waals surface area contributed by atoms with Crippen LogP contribution in [0.4, 0.5) is 0 Å². The normalized spacial score (nSPS) is 19.6. The summed E-state index contributed by atoms with van der Waals surface area (Å²) in [5.41, 5.74) is 1.35. The number of methoxy groups -OCH3 is 1. The van der Waals surface area contributed by atoms with E-state index in [1.807, 2.05) is 6.92 Å². The molecule has 0 aliphatic carbocycles. The number of benzene rings is 1. The van der Waals surface area contributed by atoms with Crippen molar-refractivity contribution in [3.05, 3.63) is 35.9 Å². The fourth-order valence-corrected chi connectivity index (χ4v) is 2.52. The molecule has 4 nitrogen and oxygen atoms in total. The van der Waals surface area contributed by atoms with Crippen LogP contribution in [0.25, 0.3) is 0 Å². The fraction of sp³-hybridized carbons (Fsp3) is 0.471. The van der Waals surface area contributed by atoms with Gasteiger partial charge in [-0.3, -0.25) is 4.79 Å². The molecule has 2 unspecified atom stereocenters. The minimum Gasteiger partial charge on any atom is -0.496 e. The Kier molecular flexibility index (Phi) is 5.39. The average Bonchev–Trinajstić information content (AvgIpc) is 2.54. The SMILES string of the molecule is C=CC(C)c1c(OC2CCCCO2)ccc(C=O)c1OC. The second-order valence-electron chi connectivity index (χ2n) is 5.16. The maximum atomic E-state index is 11.2. The molecule has 2 atom stereocenters. The highest BCUT2D eigenvalue weighted by atomic mass is 16.7. The summed E-state index contributed by atoms with van der Waals surface area (Å²) in [6.07, 6.45) is 5.41. The molecule has 1 aliphatic heterocycles. The summed E-state index contributed by atoms with van der Waals surface area (Å²) >= 11 is 0. The molecule has 0 N–H and O–H groups in total. The number of ether oxygens (including phenoxy) is 3. The molecular weight excluding hydrogens is 268 g/mol. The van der Waals surface area contributed by atoms with Gasteiger partial charge in [-0.15, -0.1) is 6.58 Å². The molecule has 0 bridgehead atoms. The number of carbonyl (C=O) groups excluding carboxylic acids is 1. The van der Waals surface area contributed by atoms with Gasteiger partial charge in [0.2, 0.25) is 0 Å². The molecule has 1 aliphatic rings. The van der Waals surface area contributed by atoms with Gasteiger partial charge in [0.25, 0.3) is 0 Å². The standard InChI is InChI=1S/C17H22O4/c1-4-12(2)16-14(21-15-7-5-6-10-20-15)9-8-13(11-18)17(16)19-3/h4,8-9,11-12,15H,1,5-7,10H2,2-3H3. The van der Waals surface area contributed by atoms with Crippen LogP contribution in [0.3, 0.4) is 0 Å². The third kappa shape index (κ3) is 3.45. The van der Waals surface area contributed by atoms with Gasteiger partial charge in [-0.2, -0.15) is 0 Å². The van der Waals surface area contributed by atoms with Crippen molar-refractivity contribution < 1.29 is 19.0 Å². The number of carbonyl (C=O) groups is 1. The van der Waals surface area contributed by atoms with Crippen LogP contribution < -0.4 is 9.47 Å². The van der Waals surface area contributed by atoms with Crippen LogP contribution in [0.5, 0.6) is 11.5 Å². The van der Waals surface area contributed by atoms with Gasteiger partial charge in [-0.1, -0.05) is 13.0 Å². The van der Waals surface area contributed by atoms with E-state index in [-0.39, 0.29) is 12.2 Å². The first kappa shape index (κ1) is 15.6. The summed E-state index contributed by atoms with van der Waals surface area (Å²) in [7, 11) is 1.56. The van der Waals surface area contributed by atoms with Crippen LogP contribution in [-0.2, 0) is 4.74 Å². The Morgan fingerprint density at radius 3 is 2.81 bits per heavy atom. The van der Waals surface area contributed by atoms with Gasteiger partial charge >= 0.3 is 0 Å². The van der Waals surface area contributed by atoms with Crippen LogP contribution in [0.15, 0.2) is 24.8 Å². The molecule has 0 spiro atoms. The maximum Gasteiger partial charge on any atom is 0.199 e. The molecule has 1 fully saturated rings. The van der Waals surface area contributed by atoms with Crippen molar-refractivity contribution in [2.24, 2.45) is 0 Å². The zero-order valence-corrected chi connectivity index (χ0v) is 12.6. The summed E-state index contributed by atoms with van der Waals surface area (Å²) in [6.45, 7) is 6.54. The second kappa shape index (κ2) is 7.27. The lowest BCUT2D eigenvalue weighted by molar-refractivity contribution is -0.106. The lowest BCUT2D eigenvalue weighted by Crippen LogP contribution is -2.25. The van der Waals surface area contributed by atoms with Gasteiger partial charge < -0.3 is 14.2 Å². The molecule has 1 aromatic rings. The fourth-order valence-electron chi connectivity index (χ4n) is 2.52. The van der Waals surface area contributed by atoms with Crippen molar-refractivity contribution >= 4 is 6.29 Å². The van der Waals surface area contributed by atoms with E-state index >= 15 is 0 Å². The Morgan fingerprint density at radius 1 is 1.43 bits per heavy atom. The van der Waals surface area contributed by atoms with E-state index in [1.165, 1.54) is 0 Å². The lowest BCUT2D eigenvalue weighted by atomic mass is 9.96. The van der Waals surface area contributed by atoms with Crippen molar-refractivity contribution in [1.29, 1.82) is 0 Å². The van der Waals surface area contributed by atoms with Gasteiger partial charge in [-0.05, 0) is 25.0 Å². The highest BCUT2D eigenvalue weighted by Crippen LogP contribution is 2.39. The molecular formula is C17H22O4. The predicted molar refractivity (Wildman–Crippen MR) is 81.2 cm³/mol. The third-order valence-electron chi connectivity index (χ3n) is 3.72. The first-order chi connectivity index (χ1) is 10.2. The smallest absolute Gasteiger partial charge is 0.199 e. The largest absolute Gasteiger partial charge is 0.496 e. The molecule has 0 saturated carbocycles. The summed E-state index contributed by atoms with van der Waals surface area (Å²) < 4.78 is 17.0.